The third-order valence-corrected chi connectivity index (χ3v) is 19.7. The van der Waals surface area contributed by atoms with Crippen LogP contribution in [0, 0.1) is 77.9 Å². The van der Waals surface area contributed by atoms with Gasteiger partial charge >= 0.3 is 0 Å². The Labute approximate surface area is 781 Å². The van der Waals surface area contributed by atoms with Gasteiger partial charge in [-0.3, -0.25) is 0 Å². The summed E-state index contributed by atoms with van der Waals surface area (Å²) in [4.78, 5) is 40.7. The first-order valence-corrected chi connectivity index (χ1v) is 37.8. The van der Waals surface area contributed by atoms with E-state index in [0.29, 0.717) is 17.5 Å². The van der Waals surface area contributed by atoms with E-state index >= 15 is 0 Å². The van der Waals surface area contributed by atoms with Gasteiger partial charge in [0.15, 0.2) is 5.82 Å². The fourth-order valence-electron chi connectivity index (χ4n) is 14.6. The molecule has 0 atom stereocenters. The molecule has 0 bridgehead atoms. The van der Waals surface area contributed by atoms with Crippen LogP contribution in [0.15, 0.2) is 347 Å². The molecule has 600 valence electrons. The average molecular weight is 2260 g/mol. The van der Waals surface area contributed by atoms with Gasteiger partial charge in [-0.2, -0.15) is 0 Å². The Hall–Kier alpha value is -10.9. The van der Waals surface area contributed by atoms with Crippen molar-refractivity contribution >= 4 is 0 Å². The number of rotatable bonds is 15. The molecule has 18 aromatic rings. The summed E-state index contributed by atoms with van der Waals surface area (Å²) in [5.74, 6) is 2.01. The number of nitrogens with zero attached hydrogens (tertiary/aromatic N) is 9. The van der Waals surface area contributed by atoms with Crippen LogP contribution in [0.2, 0.25) is 0 Å². The average Bonchev–Trinajstić information content (AvgIpc) is 0.779. The molecular weight excluding hydrogens is 2180 g/mol. The van der Waals surface area contributed by atoms with Crippen LogP contribution in [0.5, 0.6) is 0 Å². The van der Waals surface area contributed by atoms with Gasteiger partial charge in [-0.25, -0.2) is 15.0 Å². The first-order valence-electron chi connectivity index (χ1n) is 37.8. The van der Waals surface area contributed by atoms with Gasteiger partial charge in [0.2, 0.25) is 0 Å². The predicted octanol–water partition coefficient (Wildman–Crippen LogP) is 25.3. The van der Waals surface area contributed by atoms with E-state index in [9.17, 15) is 0 Å². The van der Waals surface area contributed by atoms with Crippen molar-refractivity contribution in [2.24, 2.45) is 0 Å². The second-order valence-electron chi connectivity index (χ2n) is 27.9. The first-order chi connectivity index (χ1) is 56.0. The van der Waals surface area contributed by atoms with Crippen LogP contribution in [0.25, 0.3) is 168 Å². The SMILES string of the molecule is Cc1cc(C)cc(-c2c(-c3c[c-]c(-c4ccccn4)cc3)cccc2-c2c[c-]c(-c3ccccn3)cc2)c1.Cc1cc(C)cc(-c2c(-c3c[c-]c(-c4ccccn4)cc3)cccc2-c2c[c-]c(-c3ccccn3)cc2)c1.Cc1nc(C)nc(-c2c(-c3c[c-]c(-c4ccccn4)cc3)cccc2-c2c[c-]c(-c3ccccn3)cc2)n1.[Ir].[Ir].[Rh].[Rh].[Rh].[Rh]. The molecule has 0 fully saturated rings. The van der Waals surface area contributed by atoms with Gasteiger partial charge in [-0.15, -0.1) is 179 Å². The van der Waals surface area contributed by atoms with Crippen molar-refractivity contribution < 1.29 is 118 Å². The molecule has 18 rings (SSSR count). The molecule has 0 aliphatic carbocycles. The molecule has 0 aliphatic rings. The molecule has 7 heterocycles. The third-order valence-electron chi connectivity index (χ3n) is 19.7. The Balaban J connectivity index is 0.000000184. The van der Waals surface area contributed by atoms with E-state index in [2.05, 4.69) is 275 Å². The summed E-state index contributed by atoms with van der Waals surface area (Å²) in [5, 5.41) is 0. The normalized spacial score (nSPS) is 10.3. The number of aromatic nitrogens is 9. The van der Waals surface area contributed by atoms with Crippen LogP contribution in [0.3, 0.4) is 0 Å². The minimum atomic E-state index is 0. The Bertz CT molecular complexity index is 5370. The quantitative estimate of drug-likeness (QED) is 0.0731. The number of benzene rings is 11. The monoisotopic (exact) mass is 2260 g/mol. The Morgan fingerprint density at radius 1 is 0.200 bits per heavy atom. The van der Waals surface area contributed by atoms with E-state index < -0.39 is 0 Å². The largest absolute Gasteiger partial charge is 0.305 e. The standard InChI is InChI=1S/2C36H26N2.C33H23N5.2Ir.4Rh/c2*1-25-22-26(2)24-31(23-25)36-32(27-12-16-29(17-13-27)34-10-3-5-20-37-34)8-7-9-33(36)28-14-18-30(19-15-28)35-11-4-6-21-38-35;1-22-36-23(2)38-33(37-22)32-28(24-12-16-26(17-13-24)30-10-3-5-20-34-30)8-7-9-29(32)25-14-18-27(19-15-25)31-11-4-6-21-35-31;;;;;;/h2*3-16,18,20-24H,1-2H3;3-16,18,20-21H,1-2H3;;;;;;/q3*-2;;;;;;. The molecule has 0 saturated carbocycles. The van der Waals surface area contributed by atoms with Gasteiger partial charge in [-0.1, -0.05) is 242 Å². The van der Waals surface area contributed by atoms with Gasteiger partial charge in [0, 0.05) is 161 Å². The Morgan fingerprint density at radius 2 is 0.408 bits per heavy atom. The zero-order chi connectivity index (χ0) is 77.7. The van der Waals surface area contributed by atoms with Gasteiger partial charge in [-0.05, 0) is 145 Å². The van der Waals surface area contributed by atoms with Crippen molar-refractivity contribution in [3.8, 4) is 168 Å². The molecule has 0 amide bonds. The second-order valence-corrected chi connectivity index (χ2v) is 27.9. The minimum absolute atomic E-state index is 0. The van der Waals surface area contributed by atoms with E-state index in [0.717, 1.165) is 118 Å². The molecular formula is C105H75Ir2N9Rh4-6. The molecule has 120 heavy (non-hydrogen) atoms. The van der Waals surface area contributed by atoms with Crippen LogP contribution in [0.4, 0.5) is 0 Å². The number of hydrogen-bond donors (Lipinski definition) is 0. The number of aryl methyl sites for hydroxylation is 6. The summed E-state index contributed by atoms with van der Waals surface area (Å²) >= 11 is 0. The van der Waals surface area contributed by atoms with Crippen LogP contribution in [-0.4, -0.2) is 44.9 Å². The summed E-state index contributed by atoms with van der Waals surface area (Å²) in [7, 11) is 0. The Kier molecular flexibility index (Phi) is 33.0. The molecule has 0 unspecified atom stereocenters. The van der Waals surface area contributed by atoms with E-state index in [-0.39, 0.29) is 118 Å². The van der Waals surface area contributed by atoms with Crippen molar-refractivity contribution in [2.45, 2.75) is 41.5 Å². The summed E-state index contributed by atoms with van der Waals surface area (Å²) in [6, 6.07) is 127. The van der Waals surface area contributed by atoms with Crippen LogP contribution in [-0.2, 0) is 118 Å². The van der Waals surface area contributed by atoms with E-state index in [1.807, 2.05) is 172 Å². The maximum atomic E-state index is 4.74. The Morgan fingerprint density at radius 3 is 0.592 bits per heavy atom. The van der Waals surface area contributed by atoms with E-state index in [4.69, 9.17) is 9.97 Å². The van der Waals surface area contributed by atoms with Gasteiger partial charge in [0.05, 0.1) is 0 Å². The minimum Gasteiger partial charge on any atom is -0.305 e. The fourth-order valence-corrected chi connectivity index (χ4v) is 14.6. The summed E-state index contributed by atoms with van der Waals surface area (Å²) < 4.78 is 0. The molecule has 0 saturated heterocycles. The molecule has 15 heteroatoms. The maximum Gasteiger partial charge on any atom is 0.162 e. The smallest absolute Gasteiger partial charge is 0.162 e. The molecule has 11 aromatic carbocycles. The van der Waals surface area contributed by atoms with Crippen molar-refractivity contribution in [1.82, 2.24) is 44.9 Å². The third kappa shape index (κ3) is 21.8. The van der Waals surface area contributed by atoms with Crippen molar-refractivity contribution in [3.63, 3.8) is 0 Å². The van der Waals surface area contributed by atoms with E-state index in [1.165, 1.54) is 66.8 Å². The predicted molar refractivity (Wildman–Crippen MR) is 462 cm³/mol. The maximum absolute atomic E-state index is 4.74. The molecule has 9 nitrogen and oxygen atoms in total. The molecule has 0 aliphatic heterocycles. The summed E-state index contributed by atoms with van der Waals surface area (Å²) in [5.41, 5.74) is 35.3. The zero-order valence-electron chi connectivity index (χ0n) is 65.9. The van der Waals surface area contributed by atoms with Crippen LogP contribution < -0.4 is 0 Å². The second kappa shape index (κ2) is 43.4. The van der Waals surface area contributed by atoms with Crippen molar-refractivity contribution in [2.75, 3.05) is 0 Å². The molecule has 0 spiro atoms. The topological polar surface area (TPSA) is 116 Å². The molecule has 6 radical (unpaired) electrons. The fraction of sp³-hybridized carbons (Fsp3) is 0.0571. The van der Waals surface area contributed by atoms with E-state index in [1.54, 1.807) is 12.4 Å². The van der Waals surface area contributed by atoms with Crippen LogP contribution in [0.1, 0.15) is 33.9 Å². The number of hydrogen-bond acceptors (Lipinski definition) is 9. The van der Waals surface area contributed by atoms with Gasteiger partial charge < -0.3 is 29.9 Å². The van der Waals surface area contributed by atoms with Gasteiger partial charge in [0.25, 0.3) is 0 Å². The zero-order valence-corrected chi connectivity index (χ0v) is 77.3. The summed E-state index contributed by atoms with van der Waals surface area (Å²) in [6.07, 6.45) is 10.8. The van der Waals surface area contributed by atoms with Crippen molar-refractivity contribution in [1.29, 1.82) is 0 Å². The first kappa shape index (κ1) is 91.4. The summed E-state index contributed by atoms with van der Waals surface area (Å²) in [6.45, 7) is 12.4. The van der Waals surface area contributed by atoms with Gasteiger partial charge in [0.1, 0.15) is 11.6 Å². The number of pyridine rings is 6. The molecule has 0 N–H and O–H groups in total. The van der Waals surface area contributed by atoms with Crippen molar-refractivity contribution in [3.05, 3.63) is 417 Å². The molecule has 7 aromatic heterocycles. The van der Waals surface area contributed by atoms with Crippen LogP contribution >= 0.6 is 0 Å².